The smallest absolute Gasteiger partial charge is 0.174 e. The summed E-state index contributed by atoms with van der Waals surface area (Å²) in [4.78, 5) is 0. The van der Waals surface area contributed by atoms with E-state index < -0.39 is 5.79 Å². The van der Waals surface area contributed by atoms with Gasteiger partial charge in [-0.25, -0.2) is 0 Å². The first-order valence-electron chi connectivity index (χ1n) is 11.6. The van der Waals surface area contributed by atoms with E-state index in [0.717, 1.165) is 37.7 Å². The molecule has 3 fully saturated rings. The minimum atomic E-state index is -0.488. The zero-order valence-corrected chi connectivity index (χ0v) is 20.5. The summed E-state index contributed by atoms with van der Waals surface area (Å²) in [6.07, 6.45) is 5.85. The van der Waals surface area contributed by atoms with Crippen molar-refractivity contribution >= 4 is 0 Å². The Bertz CT molecular complexity index is 843. The molecule has 6 heteroatoms. The van der Waals surface area contributed by atoms with Gasteiger partial charge in [0, 0.05) is 23.5 Å². The van der Waals surface area contributed by atoms with Crippen molar-refractivity contribution in [2.75, 3.05) is 41.7 Å². The van der Waals surface area contributed by atoms with Gasteiger partial charge < -0.3 is 28.4 Å². The lowest BCUT2D eigenvalue weighted by Gasteiger charge is -2.61. The fourth-order valence-electron chi connectivity index (χ4n) is 6.84. The normalized spacial score (nSPS) is 31.3. The standard InChI is InChI=1S/C26H38O6/c1-17-10-12-25(3)21(9-8-11-26(25)31-13-14-32-26)24(17,2)16-18-22(29-6)19(27-4)15-20(28-5)23(18)30-7/h15,21H,1,8-14,16H2,2-7H3/t21-,24+,25-/m0/s1. The quantitative estimate of drug-likeness (QED) is 0.562. The maximum Gasteiger partial charge on any atom is 0.174 e. The van der Waals surface area contributed by atoms with Crippen LogP contribution in [0.25, 0.3) is 0 Å². The molecule has 2 aliphatic carbocycles. The second-order valence-electron chi connectivity index (χ2n) is 9.84. The van der Waals surface area contributed by atoms with E-state index in [0.29, 0.717) is 48.6 Å². The van der Waals surface area contributed by atoms with Crippen LogP contribution in [0, 0.1) is 16.7 Å². The number of benzene rings is 1. The number of allylic oxidation sites excluding steroid dienone is 1. The van der Waals surface area contributed by atoms with Gasteiger partial charge >= 0.3 is 0 Å². The van der Waals surface area contributed by atoms with Crippen LogP contribution in [0.15, 0.2) is 18.2 Å². The molecule has 0 radical (unpaired) electrons. The number of ether oxygens (including phenoxy) is 6. The molecule has 178 valence electrons. The second kappa shape index (κ2) is 8.45. The van der Waals surface area contributed by atoms with Crippen LogP contribution >= 0.6 is 0 Å². The van der Waals surface area contributed by atoms with E-state index in [1.165, 1.54) is 5.57 Å². The van der Waals surface area contributed by atoms with Gasteiger partial charge in [-0.3, -0.25) is 0 Å². The fourth-order valence-corrected chi connectivity index (χ4v) is 6.84. The van der Waals surface area contributed by atoms with E-state index >= 15 is 0 Å². The summed E-state index contributed by atoms with van der Waals surface area (Å²) in [5, 5.41) is 0. The third kappa shape index (κ3) is 3.21. The van der Waals surface area contributed by atoms with Crippen LogP contribution in [0.1, 0.15) is 51.5 Å². The van der Waals surface area contributed by atoms with E-state index in [2.05, 4.69) is 20.4 Å². The maximum absolute atomic E-state index is 6.35. The summed E-state index contributed by atoms with van der Waals surface area (Å²) in [6, 6.07) is 1.82. The van der Waals surface area contributed by atoms with Crippen LogP contribution < -0.4 is 18.9 Å². The van der Waals surface area contributed by atoms with Crippen molar-refractivity contribution in [3.63, 3.8) is 0 Å². The van der Waals surface area contributed by atoms with Crippen molar-refractivity contribution < 1.29 is 28.4 Å². The van der Waals surface area contributed by atoms with Crippen LogP contribution in [0.4, 0.5) is 0 Å². The fraction of sp³-hybridized carbons (Fsp3) is 0.692. The van der Waals surface area contributed by atoms with Gasteiger partial charge in [-0.2, -0.15) is 0 Å². The van der Waals surface area contributed by atoms with Gasteiger partial charge in [0.2, 0.25) is 0 Å². The number of methoxy groups -OCH3 is 4. The van der Waals surface area contributed by atoms with Crippen molar-refractivity contribution in [3.8, 4) is 23.0 Å². The van der Waals surface area contributed by atoms with Crippen LogP contribution in [-0.2, 0) is 15.9 Å². The van der Waals surface area contributed by atoms with Crippen molar-refractivity contribution in [2.24, 2.45) is 16.7 Å². The molecule has 3 atom stereocenters. The Morgan fingerprint density at radius 3 is 2.06 bits per heavy atom. The highest BCUT2D eigenvalue weighted by molar-refractivity contribution is 5.62. The van der Waals surface area contributed by atoms with E-state index in [1.807, 2.05) is 6.07 Å². The summed E-state index contributed by atoms with van der Waals surface area (Å²) in [6.45, 7) is 10.6. The zero-order chi connectivity index (χ0) is 23.1. The Balaban J connectivity index is 1.83. The molecule has 2 saturated carbocycles. The van der Waals surface area contributed by atoms with E-state index in [9.17, 15) is 0 Å². The molecule has 1 saturated heterocycles. The maximum atomic E-state index is 6.35. The number of hydrogen-bond acceptors (Lipinski definition) is 6. The molecule has 1 aliphatic heterocycles. The van der Waals surface area contributed by atoms with Gasteiger partial charge in [0.25, 0.3) is 0 Å². The minimum Gasteiger partial charge on any atom is -0.493 e. The summed E-state index contributed by atoms with van der Waals surface area (Å²) in [7, 11) is 6.63. The molecule has 0 N–H and O–H groups in total. The van der Waals surface area contributed by atoms with Crippen LogP contribution in [0.3, 0.4) is 0 Å². The number of hydrogen-bond donors (Lipinski definition) is 0. The Labute approximate surface area is 192 Å². The van der Waals surface area contributed by atoms with E-state index in [4.69, 9.17) is 28.4 Å². The highest BCUT2D eigenvalue weighted by Gasteiger charge is 2.64. The molecule has 1 heterocycles. The van der Waals surface area contributed by atoms with Gasteiger partial charge in [-0.05, 0) is 43.4 Å². The third-order valence-corrected chi connectivity index (χ3v) is 8.56. The van der Waals surface area contributed by atoms with Crippen LogP contribution in [0.5, 0.6) is 23.0 Å². The van der Waals surface area contributed by atoms with Crippen molar-refractivity contribution in [2.45, 2.75) is 58.2 Å². The lowest BCUT2D eigenvalue weighted by Crippen LogP contribution is -2.60. The molecule has 32 heavy (non-hydrogen) atoms. The Morgan fingerprint density at radius 1 is 0.938 bits per heavy atom. The second-order valence-corrected chi connectivity index (χ2v) is 9.84. The van der Waals surface area contributed by atoms with Gasteiger partial charge in [-0.15, -0.1) is 0 Å². The molecule has 0 aromatic heterocycles. The molecular formula is C26H38O6. The molecule has 1 aromatic carbocycles. The summed E-state index contributed by atoms with van der Waals surface area (Å²) >= 11 is 0. The summed E-state index contributed by atoms with van der Waals surface area (Å²) in [5.74, 6) is 2.51. The average molecular weight is 447 g/mol. The third-order valence-electron chi connectivity index (χ3n) is 8.56. The van der Waals surface area contributed by atoms with Crippen molar-refractivity contribution in [1.82, 2.24) is 0 Å². The average Bonchev–Trinajstić information content (AvgIpc) is 3.27. The number of fused-ring (bicyclic) bond motifs is 2. The Kier molecular flexibility index (Phi) is 6.14. The van der Waals surface area contributed by atoms with Crippen LogP contribution in [-0.4, -0.2) is 47.4 Å². The van der Waals surface area contributed by atoms with Gasteiger partial charge in [0.15, 0.2) is 28.8 Å². The molecule has 1 spiro atoms. The number of rotatable bonds is 6. The van der Waals surface area contributed by atoms with Crippen molar-refractivity contribution in [3.05, 3.63) is 23.8 Å². The molecule has 6 nitrogen and oxygen atoms in total. The van der Waals surface area contributed by atoms with Gasteiger partial charge in [0.1, 0.15) is 0 Å². The Morgan fingerprint density at radius 2 is 1.53 bits per heavy atom. The van der Waals surface area contributed by atoms with Crippen molar-refractivity contribution in [1.29, 1.82) is 0 Å². The predicted octanol–water partition coefficient (Wildman–Crippen LogP) is 5.17. The monoisotopic (exact) mass is 446 g/mol. The molecular weight excluding hydrogens is 408 g/mol. The lowest BCUT2D eigenvalue weighted by atomic mass is 9.46. The first-order valence-corrected chi connectivity index (χ1v) is 11.6. The van der Waals surface area contributed by atoms with E-state index in [1.54, 1.807) is 28.4 Å². The molecule has 0 amide bonds. The van der Waals surface area contributed by atoms with Crippen LogP contribution in [0.2, 0.25) is 0 Å². The lowest BCUT2D eigenvalue weighted by molar-refractivity contribution is -0.285. The predicted molar refractivity (Wildman–Crippen MR) is 123 cm³/mol. The SMILES string of the molecule is C=C1CC[C@@]2(C)[C@@H](CCCC23OCCO3)[C@]1(C)Cc1c(OC)c(OC)cc(OC)c1OC. The molecule has 0 bridgehead atoms. The minimum absolute atomic E-state index is 0.0822. The summed E-state index contributed by atoms with van der Waals surface area (Å²) < 4.78 is 35.7. The molecule has 3 aliphatic rings. The Hall–Kier alpha value is -1.92. The highest BCUT2D eigenvalue weighted by atomic mass is 16.7. The molecule has 4 rings (SSSR count). The van der Waals surface area contributed by atoms with E-state index in [-0.39, 0.29) is 10.8 Å². The largest absolute Gasteiger partial charge is 0.493 e. The molecule has 1 aromatic rings. The molecule has 0 unspecified atom stereocenters. The summed E-state index contributed by atoms with van der Waals surface area (Å²) in [5.41, 5.74) is 1.95. The topological polar surface area (TPSA) is 55.4 Å². The van der Waals surface area contributed by atoms with Gasteiger partial charge in [-0.1, -0.05) is 26.0 Å². The first-order chi connectivity index (χ1) is 15.3. The van der Waals surface area contributed by atoms with Gasteiger partial charge in [0.05, 0.1) is 41.7 Å². The first kappa shape index (κ1) is 23.2. The highest BCUT2D eigenvalue weighted by Crippen LogP contribution is 2.66. The zero-order valence-electron chi connectivity index (χ0n) is 20.5.